The van der Waals surface area contributed by atoms with E-state index in [0.29, 0.717) is 30.3 Å². The lowest BCUT2D eigenvalue weighted by Crippen LogP contribution is -2.53. The third-order valence-corrected chi connectivity index (χ3v) is 7.32. The first-order valence-corrected chi connectivity index (χ1v) is 11.9. The number of esters is 1. The number of nitrogens with one attached hydrogen (secondary N) is 1. The van der Waals surface area contributed by atoms with Crippen molar-refractivity contribution in [2.24, 2.45) is 11.8 Å². The molecule has 2 saturated heterocycles. The second-order valence-electron chi connectivity index (χ2n) is 9.15. The number of amides is 2. The normalized spacial score (nSPS) is 26.2. The van der Waals surface area contributed by atoms with Gasteiger partial charge in [0, 0.05) is 17.7 Å². The van der Waals surface area contributed by atoms with Gasteiger partial charge in [0.1, 0.15) is 19.0 Å². The molecule has 3 heterocycles. The van der Waals surface area contributed by atoms with Crippen molar-refractivity contribution in [3.05, 3.63) is 89.7 Å². The number of carbonyl (C=O) groups is 3. The van der Waals surface area contributed by atoms with Crippen molar-refractivity contribution in [3.63, 3.8) is 0 Å². The van der Waals surface area contributed by atoms with Crippen molar-refractivity contribution in [2.75, 3.05) is 25.2 Å². The molecule has 3 aromatic carbocycles. The molecule has 8 nitrogen and oxygen atoms in total. The maximum Gasteiger partial charge on any atom is 0.331 e. The van der Waals surface area contributed by atoms with Gasteiger partial charge in [0.2, 0.25) is 11.8 Å². The summed E-state index contributed by atoms with van der Waals surface area (Å²) in [6, 6.07) is 18.5. The molecule has 9 heteroatoms. The Morgan fingerprint density at radius 2 is 1.68 bits per heavy atom. The van der Waals surface area contributed by atoms with Crippen LogP contribution in [0.2, 0.25) is 0 Å². The van der Waals surface area contributed by atoms with Crippen LogP contribution in [0.4, 0.5) is 10.1 Å². The highest BCUT2D eigenvalue weighted by atomic mass is 19.1. The summed E-state index contributed by atoms with van der Waals surface area (Å²) in [6.45, 7) is 0.731. The van der Waals surface area contributed by atoms with E-state index in [-0.39, 0.29) is 11.3 Å². The number of halogens is 1. The van der Waals surface area contributed by atoms with Crippen LogP contribution in [0.5, 0.6) is 11.5 Å². The van der Waals surface area contributed by atoms with E-state index in [1.165, 1.54) is 13.2 Å². The molecule has 188 valence electrons. The summed E-state index contributed by atoms with van der Waals surface area (Å²) in [5.74, 6) is -3.77. The number of fused-ring (bicyclic) bond motifs is 2. The van der Waals surface area contributed by atoms with E-state index in [9.17, 15) is 14.4 Å². The average Bonchev–Trinajstić information content (AvgIpc) is 3.42. The number of carbonyl (C=O) groups excluding carboxylic acids is 3. The number of hydrogen-bond donors (Lipinski definition) is 1. The minimum atomic E-state index is -1.72. The second kappa shape index (κ2) is 8.70. The molecule has 0 aromatic heterocycles. The molecule has 0 radical (unpaired) electrons. The molecule has 37 heavy (non-hydrogen) atoms. The monoisotopic (exact) mass is 502 g/mol. The predicted octanol–water partition coefficient (Wildman–Crippen LogP) is 3.12. The van der Waals surface area contributed by atoms with Gasteiger partial charge in [0.25, 0.3) is 0 Å². The van der Waals surface area contributed by atoms with Gasteiger partial charge in [-0.05, 0) is 23.8 Å². The molecule has 1 N–H and O–H groups in total. The third-order valence-electron chi connectivity index (χ3n) is 7.32. The molecule has 3 aromatic rings. The molecule has 3 aliphatic heterocycles. The SMILES string of the molecule is COC(=O)[C@]1(c2ccccc2)N[C@@H](c2ccccc2F)[C@H]2C(=O)N(c3ccc4c(c3)OCCO4)C(=O)[C@@H]21. The lowest BCUT2D eigenvalue weighted by Gasteiger charge is -2.33. The van der Waals surface area contributed by atoms with E-state index in [0.717, 1.165) is 4.90 Å². The lowest BCUT2D eigenvalue weighted by atomic mass is 9.75. The van der Waals surface area contributed by atoms with Crippen LogP contribution in [0, 0.1) is 17.7 Å². The highest BCUT2D eigenvalue weighted by Crippen LogP contribution is 2.54. The van der Waals surface area contributed by atoms with E-state index < -0.39 is 47.0 Å². The van der Waals surface area contributed by atoms with Crippen molar-refractivity contribution in [3.8, 4) is 11.5 Å². The second-order valence-corrected chi connectivity index (χ2v) is 9.15. The van der Waals surface area contributed by atoms with E-state index in [2.05, 4.69) is 5.32 Å². The first kappa shape index (κ1) is 23.2. The molecule has 2 fully saturated rings. The van der Waals surface area contributed by atoms with Crippen LogP contribution in [0.3, 0.4) is 0 Å². The van der Waals surface area contributed by atoms with Crippen LogP contribution in [-0.2, 0) is 24.7 Å². The van der Waals surface area contributed by atoms with Crippen molar-refractivity contribution in [1.29, 1.82) is 0 Å². The summed E-state index contributed by atoms with van der Waals surface area (Å²) in [7, 11) is 1.22. The van der Waals surface area contributed by atoms with Crippen molar-refractivity contribution < 1.29 is 33.0 Å². The Bertz CT molecular complexity index is 1410. The summed E-state index contributed by atoms with van der Waals surface area (Å²) in [6.07, 6.45) is 0. The van der Waals surface area contributed by atoms with Gasteiger partial charge in [-0.3, -0.25) is 14.9 Å². The first-order valence-electron chi connectivity index (χ1n) is 11.9. The smallest absolute Gasteiger partial charge is 0.331 e. The van der Waals surface area contributed by atoms with Gasteiger partial charge in [0.05, 0.1) is 24.6 Å². The zero-order chi connectivity index (χ0) is 25.7. The predicted molar refractivity (Wildman–Crippen MR) is 129 cm³/mol. The number of rotatable bonds is 4. The average molecular weight is 502 g/mol. The fourth-order valence-electron chi connectivity index (χ4n) is 5.76. The fourth-order valence-corrected chi connectivity index (χ4v) is 5.76. The third kappa shape index (κ3) is 3.34. The standard InChI is InChI=1S/C28H23FN2O6/c1-35-27(34)28(16-7-3-2-4-8-16)23-22(24(30-28)18-9-5-6-10-19(18)29)25(32)31(26(23)33)17-11-12-20-21(15-17)37-14-13-36-20/h2-12,15,22-24,30H,13-14H2,1H3/t22-,23+,24-,28+/m0/s1. The molecule has 0 spiro atoms. The minimum absolute atomic E-state index is 0.185. The zero-order valence-electron chi connectivity index (χ0n) is 19.8. The quantitative estimate of drug-likeness (QED) is 0.433. The number of hydrogen-bond acceptors (Lipinski definition) is 7. The zero-order valence-corrected chi connectivity index (χ0v) is 19.8. The first-order chi connectivity index (χ1) is 18.0. The molecule has 3 aliphatic rings. The van der Waals surface area contributed by atoms with Gasteiger partial charge >= 0.3 is 5.97 Å². The van der Waals surface area contributed by atoms with Crippen molar-refractivity contribution in [2.45, 2.75) is 11.6 Å². The van der Waals surface area contributed by atoms with Gasteiger partial charge in [0.15, 0.2) is 17.0 Å². The Hall–Kier alpha value is -4.24. The molecule has 0 unspecified atom stereocenters. The van der Waals surface area contributed by atoms with E-state index in [1.54, 1.807) is 66.7 Å². The van der Waals surface area contributed by atoms with Crippen LogP contribution < -0.4 is 19.7 Å². The number of benzene rings is 3. The van der Waals surface area contributed by atoms with Gasteiger partial charge in [-0.15, -0.1) is 0 Å². The molecule has 0 bridgehead atoms. The summed E-state index contributed by atoms with van der Waals surface area (Å²) in [5.41, 5.74) is -0.804. The van der Waals surface area contributed by atoms with Crippen molar-refractivity contribution >= 4 is 23.5 Å². The Morgan fingerprint density at radius 3 is 2.41 bits per heavy atom. The van der Waals surface area contributed by atoms with Crippen LogP contribution in [0.1, 0.15) is 17.2 Å². The van der Waals surface area contributed by atoms with E-state index >= 15 is 4.39 Å². The number of ether oxygens (including phenoxy) is 3. The molecule has 0 saturated carbocycles. The van der Waals surface area contributed by atoms with Crippen LogP contribution >= 0.6 is 0 Å². The summed E-state index contributed by atoms with van der Waals surface area (Å²) in [5, 5.41) is 3.19. The molecular formula is C28H23FN2O6. The molecule has 0 aliphatic carbocycles. The van der Waals surface area contributed by atoms with Gasteiger partial charge in [-0.25, -0.2) is 14.1 Å². The van der Waals surface area contributed by atoms with Crippen LogP contribution in [0.25, 0.3) is 0 Å². The Kier molecular flexibility index (Phi) is 5.45. The van der Waals surface area contributed by atoms with Crippen LogP contribution in [-0.4, -0.2) is 38.1 Å². The minimum Gasteiger partial charge on any atom is -0.486 e. The number of methoxy groups -OCH3 is 1. The Labute approximate surface area is 211 Å². The molecule has 2 amide bonds. The Morgan fingerprint density at radius 1 is 0.973 bits per heavy atom. The summed E-state index contributed by atoms with van der Waals surface area (Å²) >= 11 is 0. The lowest BCUT2D eigenvalue weighted by molar-refractivity contribution is -0.152. The topological polar surface area (TPSA) is 94.2 Å². The highest BCUT2D eigenvalue weighted by Gasteiger charge is 2.70. The van der Waals surface area contributed by atoms with Crippen LogP contribution in [0.15, 0.2) is 72.8 Å². The molecule has 6 rings (SSSR count). The van der Waals surface area contributed by atoms with Crippen molar-refractivity contribution in [1.82, 2.24) is 5.32 Å². The maximum absolute atomic E-state index is 15.1. The summed E-state index contributed by atoms with van der Waals surface area (Å²) < 4.78 is 31.5. The molecule has 4 atom stereocenters. The number of nitrogens with zero attached hydrogens (tertiary/aromatic N) is 1. The Balaban J connectivity index is 1.54. The van der Waals surface area contributed by atoms with Gasteiger partial charge in [-0.1, -0.05) is 48.5 Å². The number of imide groups is 1. The van der Waals surface area contributed by atoms with Gasteiger partial charge < -0.3 is 14.2 Å². The largest absolute Gasteiger partial charge is 0.486 e. The summed E-state index contributed by atoms with van der Waals surface area (Å²) in [4.78, 5) is 42.7. The highest BCUT2D eigenvalue weighted by molar-refractivity contribution is 6.24. The maximum atomic E-state index is 15.1. The van der Waals surface area contributed by atoms with E-state index in [4.69, 9.17) is 14.2 Å². The molecular weight excluding hydrogens is 479 g/mol. The van der Waals surface area contributed by atoms with Gasteiger partial charge in [-0.2, -0.15) is 0 Å². The van der Waals surface area contributed by atoms with E-state index in [1.807, 2.05) is 0 Å². The number of anilines is 1. The fraction of sp³-hybridized carbons (Fsp3) is 0.250.